The maximum atomic E-state index is 12.9. The summed E-state index contributed by atoms with van der Waals surface area (Å²) in [7, 11) is -3.65. The van der Waals surface area contributed by atoms with E-state index >= 15 is 0 Å². The van der Waals surface area contributed by atoms with Crippen LogP contribution >= 0.6 is 24.0 Å². The molecule has 0 aromatic heterocycles. The van der Waals surface area contributed by atoms with E-state index in [0.29, 0.717) is 23.7 Å². The lowest BCUT2D eigenvalue weighted by Crippen LogP contribution is -2.57. The number of benzene rings is 1. The number of rotatable bonds is 6. The highest BCUT2D eigenvalue weighted by atomic mass is 35.5. The highest BCUT2D eigenvalue weighted by molar-refractivity contribution is 7.92. The Morgan fingerprint density at radius 1 is 1.35 bits per heavy atom. The third kappa shape index (κ3) is 5.09. The summed E-state index contributed by atoms with van der Waals surface area (Å²) in [5.41, 5.74) is 5.88. The molecule has 0 radical (unpaired) electrons. The molecule has 0 aliphatic carbocycles. The van der Waals surface area contributed by atoms with Crippen molar-refractivity contribution in [1.29, 1.82) is 0 Å². The van der Waals surface area contributed by atoms with Crippen molar-refractivity contribution in [2.45, 2.75) is 30.1 Å². The third-order valence-electron chi connectivity index (χ3n) is 4.50. The number of sulfone groups is 1. The van der Waals surface area contributed by atoms with Crippen molar-refractivity contribution < 1.29 is 18.0 Å². The van der Waals surface area contributed by atoms with Gasteiger partial charge in [-0.15, -0.1) is 12.4 Å². The van der Waals surface area contributed by atoms with Crippen molar-refractivity contribution in [1.82, 2.24) is 10.6 Å². The summed E-state index contributed by atoms with van der Waals surface area (Å²) in [6.45, 7) is 0.857. The molecule has 1 aromatic carbocycles. The fourth-order valence-corrected chi connectivity index (χ4v) is 4.60. The van der Waals surface area contributed by atoms with Crippen LogP contribution in [-0.4, -0.2) is 44.3 Å². The molecule has 7 nitrogen and oxygen atoms in total. The minimum absolute atomic E-state index is 0. The molecular weight excluding hydrogens is 401 g/mol. The van der Waals surface area contributed by atoms with Gasteiger partial charge in [0.25, 0.3) is 0 Å². The average molecular weight is 424 g/mol. The molecule has 2 rings (SSSR count). The van der Waals surface area contributed by atoms with Crippen LogP contribution in [0.3, 0.4) is 0 Å². The molecule has 2 amide bonds. The van der Waals surface area contributed by atoms with Crippen LogP contribution in [0.2, 0.25) is 5.02 Å². The molecule has 1 aliphatic heterocycles. The molecule has 10 heteroatoms. The number of amides is 2. The van der Waals surface area contributed by atoms with E-state index in [9.17, 15) is 18.0 Å². The zero-order valence-corrected chi connectivity index (χ0v) is 16.7. The van der Waals surface area contributed by atoms with E-state index in [-0.39, 0.29) is 31.7 Å². The Bertz CT molecular complexity index is 765. The lowest BCUT2D eigenvalue weighted by Gasteiger charge is -2.35. The van der Waals surface area contributed by atoms with Crippen LogP contribution < -0.4 is 16.4 Å². The van der Waals surface area contributed by atoms with Crippen LogP contribution in [0.15, 0.2) is 24.3 Å². The first-order chi connectivity index (χ1) is 11.7. The van der Waals surface area contributed by atoms with Crippen molar-refractivity contribution in [2.75, 3.05) is 19.3 Å². The molecule has 4 N–H and O–H groups in total. The number of hydrogen-bond donors (Lipinski definition) is 3. The SMILES string of the molecule is CS(=O)(=O)C1(C(=O)N[C@H](CC(N)=O)c2cccc(Cl)c2)CCNCC1.Cl. The summed E-state index contributed by atoms with van der Waals surface area (Å²) >= 11 is 5.98. The zero-order valence-electron chi connectivity index (χ0n) is 14.3. The first-order valence-corrected chi connectivity index (χ1v) is 10.2. The number of nitrogens with one attached hydrogen (secondary N) is 2. The van der Waals surface area contributed by atoms with Gasteiger partial charge in [0, 0.05) is 11.3 Å². The highest BCUT2D eigenvalue weighted by Crippen LogP contribution is 2.30. The highest BCUT2D eigenvalue weighted by Gasteiger charge is 2.49. The van der Waals surface area contributed by atoms with Gasteiger partial charge >= 0.3 is 0 Å². The monoisotopic (exact) mass is 423 g/mol. The molecule has 0 unspecified atom stereocenters. The van der Waals surface area contributed by atoms with Gasteiger partial charge in [0.05, 0.1) is 12.5 Å². The van der Waals surface area contributed by atoms with Gasteiger partial charge in [-0.2, -0.15) is 0 Å². The minimum atomic E-state index is -3.65. The van der Waals surface area contributed by atoms with E-state index in [2.05, 4.69) is 10.6 Å². The van der Waals surface area contributed by atoms with Gasteiger partial charge in [0.15, 0.2) is 14.6 Å². The molecule has 0 saturated carbocycles. The summed E-state index contributed by atoms with van der Waals surface area (Å²) in [4.78, 5) is 24.3. The van der Waals surface area contributed by atoms with Gasteiger partial charge in [0.2, 0.25) is 11.8 Å². The largest absolute Gasteiger partial charge is 0.370 e. The number of carbonyl (C=O) groups is 2. The smallest absolute Gasteiger partial charge is 0.242 e. The fourth-order valence-electron chi connectivity index (χ4n) is 3.06. The van der Waals surface area contributed by atoms with Gasteiger partial charge in [-0.1, -0.05) is 23.7 Å². The van der Waals surface area contributed by atoms with E-state index in [1.165, 1.54) is 0 Å². The first kappa shape index (κ1) is 22.7. The van der Waals surface area contributed by atoms with Crippen molar-refractivity contribution in [3.8, 4) is 0 Å². The molecular formula is C16H23Cl2N3O4S. The van der Waals surface area contributed by atoms with Crippen LogP contribution in [0.5, 0.6) is 0 Å². The van der Waals surface area contributed by atoms with Crippen molar-refractivity contribution in [3.63, 3.8) is 0 Å². The summed E-state index contributed by atoms with van der Waals surface area (Å²) in [6, 6.07) is 5.94. The molecule has 1 atom stereocenters. The second-order valence-electron chi connectivity index (χ2n) is 6.27. The predicted molar refractivity (Wildman–Crippen MR) is 103 cm³/mol. The quantitative estimate of drug-likeness (QED) is 0.629. The van der Waals surface area contributed by atoms with Gasteiger partial charge in [0.1, 0.15) is 0 Å². The van der Waals surface area contributed by atoms with Gasteiger partial charge in [-0.25, -0.2) is 8.42 Å². The van der Waals surface area contributed by atoms with Crippen molar-refractivity contribution >= 4 is 45.7 Å². The van der Waals surface area contributed by atoms with Crippen molar-refractivity contribution in [2.24, 2.45) is 5.73 Å². The third-order valence-corrected chi connectivity index (χ3v) is 6.74. The second kappa shape index (κ2) is 9.03. The van der Waals surface area contributed by atoms with Gasteiger partial charge in [-0.05, 0) is 43.6 Å². The minimum Gasteiger partial charge on any atom is -0.370 e. The predicted octanol–water partition coefficient (Wildman–Crippen LogP) is 0.961. The average Bonchev–Trinajstić information content (AvgIpc) is 2.53. The topological polar surface area (TPSA) is 118 Å². The molecule has 1 aliphatic rings. The number of hydrogen-bond acceptors (Lipinski definition) is 5. The molecule has 146 valence electrons. The molecule has 26 heavy (non-hydrogen) atoms. The van der Waals surface area contributed by atoms with Crippen LogP contribution in [-0.2, 0) is 19.4 Å². The number of carbonyl (C=O) groups excluding carboxylic acids is 2. The Morgan fingerprint density at radius 3 is 2.46 bits per heavy atom. The Labute approximate surface area is 164 Å². The van der Waals surface area contributed by atoms with Crippen LogP contribution in [0.1, 0.15) is 30.9 Å². The van der Waals surface area contributed by atoms with E-state index in [1.807, 2.05) is 0 Å². The van der Waals surface area contributed by atoms with E-state index in [1.54, 1.807) is 24.3 Å². The fraction of sp³-hybridized carbons (Fsp3) is 0.500. The Balaban J connectivity index is 0.00000338. The Morgan fingerprint density at radius 2 is 1.96 bits per heavy atom. The standard InChI is InChI=1S/C16H22ClN3O4S.ClH/c1-25(23,24)16(5-7-19-8-6-16)15(22)20-13(10-14(18)21)11-3-2-4-12(17)9-11;/h2-4,9,13,19H,5-8,10H2,1H3,(H2,18,21)(H,20,22);1H/t13-;/m1./s1. The number of piperidine rings is 1. The number of nitrogens with two attached hydrogens (primary N) is 1. The molecule has 1 aromatic rings. The molecule has 0 spiro atoms. The Kier molecular flexibility index (Phi) is 7.88. The van der Waals surface area contributed by atoms with E-state index in [4.69, 9.17) is 17.3 Å². The second-order valence-corrected chi connectivity index (χ2v) is 9.03. The van der Waals surface area contributed by atoms with Gasteiger partial charge in [-0.3, -0.25) is 9.59 Å². The lowest BCUT2D eigenvalue weighted by atomic mass is 9.94. The maximum absolute atomic E-state index is 12.9. The van der Waals surface area contributed by atoms with Crippen LogP contribution in [0, 0.1) is 0 Å². The summed E-state index contributed by atoms with van der Waals surface area (Å²) in [5.74, 6) is -1.22. The number of halogens is 2. The normalized spacial score (nSPS) is 17.6. The summed E-state index contributed by atoms with van der Waals surface area (Å²) in [6.07, 6.45) is 1.28. The Hall–Kier alpha value is -1.35. The summed E-state index contributed by atoms with van der Waals surface area (Å²) in [5, 5.41) is 6.20. The molecule has 1 heterocycles. The molecule has 0 bridgehead atoms. The van der Waals surface area contributed by atoms with Crippen LogP contribution in [0.25, 0.3) is 0 Å². The lowest BCUT2D eigenvalue weighted by molar-refractivity contribution is -0.125. The first-order valence-electron chi connectivity index (χ1n) is 7.91. The number of primary amides is 1. The maximum Gasteiger partial charge on any atom is 0.242 e. The molecule has 1 fully saturated rings. The summed E-state index contributed by atoms with van der Waals surface area (Å²) < 4.78 is 23.2. The van der Waals surface area contributed by atoms with E-state index < -0.39 is 32.4 Å². The van der Waals surface area contributed by atoms with Crippen molar-refractivity contribution in [3.05, 3.63) is 34.9 Å². The van der Waals surface area contributed by atoms with Crippen LogP contribution in [0.4, 0.5) is 0 Å². The van der Waals surface area contributed by atoms with E-state index in [0.717, 1.165) is 6.26 Å². The molecule has 1 saturated heterocycles. The zero-order chi connectivity index (χ0) is 18.7. The van der Waals surface area contributed by atoms with Gasteiger partial charge < -0.3 is 16.4 Å².